The molecule has 8 heteroatoms. The Morgan fingerprint density at radius 1 is 1.28 bits per heavy atom. The number of nitro groups is 1. The molecule has 1 aliphatic rings. The third-order valence-electron chi connectivity index (χ3n) is 4.94. The van der Waals surface area contributed by atoms with Gasteiger partial charge in [0.1, 0.15) is 5.60 Å². The Kier molecular flexibility index (Phi) is 7.99. The van der Waals surface area contributed by atoms with E-state index in [2.05, 4.69) is 10.6 Å². The summed E-state index contributed by atoms with van der Waals surface area (Å²) in [6.07, 6.45) is 4.44. The molecule has 1 fully saturated rings. The molecule has 1 saturated carbocycles. The zero-order chi connectivity index (χ0) is 21.4. The molecule has 0 bridgehead atoms. The zero-order valence-corrected chi connectivity index (χ0v) is 17.4. The minimum Gasteiger partial charge on any atom is -0.444 e. The van der Waals surface area contributed by atoms with E-state index in [0.717, 1.165) is 31.2 Å². The van der Waals surface area contributed by atoms with Crippen LogP contribution in [0.1, 0.15) is 58.4 Å². The number of nitro benzene ring substituents is 1. The molecule has 1 aromatic carbocycles. The fourth-order valence-corrected chi connectivity index (χ4v) is 3.57. The van der Waals surface area contributed by atoms with E-state index in [9.17, 15) is 19.7 Å². The predicted molar refractivity (Wildman–Crippen MR) is 110 cm³/mol. The van der Waals surface area contributed by atoms with Crippen molar-refractivity contribution in [1.29, 1.82) is 0 Å². The molecule has 8 nitrogen and oxygen atoms in total. The Morgan fingerprint density at radius 3 is 2.59 bits per heavy atom. The van der Waals surface area contributed by atoms with Gasteiger partial charge in [-0.05, 0) is 51.5 Å². The Bertz CT molecular complexity index is 723. The number of hydrogen-bond donors (Lipinski definition) is 2. The van der Waals surface area contributed by atoms with Crippen molar-refractivity contribution in [3.8, 4) is 0 Å². The maximum Gasteiger partial charge on any atom is 0.407 e. The van der Waals surface area contributed by atoms with Gasteiger partial charge in [0, 0.05) is 31.1 Å². The van der Waals surface area contributed by atoms with E-state index >= 15 is 0 Å². The van der Waals surface area contributed by atoms with Crippen LogP contribution in [0.4, 0.5) is 10.5 Å². The number of rotatable bonds is 8. The van der Waals surface area contributed by atoms with Crippen molar-refractivity contribution in [3.05, 3.63) is 39.9 Å². The number of alkyl carbamates (subject to hydrolysis) is 1. The molecule has 0 unspecified atom stereocenters. The van der Waals surface area contributed by atoms with Crippen LogP contribution >= 0.6 is 0 Å². The fraction of sp³-hybridized carbons (Fsp3) is 0.619. The number of carbonyl (C=O) groups excluding carboxylic acids is 2. The molecule has 2 amide bonds. The molecule has 0 heterocycles. The molecular formula is C21H31N3O5. The van der Waals surface area contributed by atoms with Crippen molar-refractivity contribution in [2.75, 3.05) is 6.54 Å². The predicted octanol–water partition coefficient (Wildman–Crippen LogP) is 3.73. The van der Waals surface area contributed by atoms with Gasteiger partial charge in [-0.15, -0.1) is 0 Å². The molecule has 2 rings (SSSR count). The molecule has 0 aliphatic heterocycles. The van der Waals surface area contributed by atoms with Crippen molar-refractivity contribution >= 4 is 17.7 Å². The van der Waals surface area contributed by atoms with E-state index in [1.807, 2.05) is 0 Å². The van der Waals surface area contributed by atoms with Crippen molar-refractivity contribution in [2.24, 2.45) is 5.92 Å². The number of ether oxygens (including phenoxy) is 1. The van der Waals surface area contributed by atoms with Crippen LogP contribution in [-0.4, -0.2) is 35.1 Å². The summed E-state index contributed by atoms with van der Waals surface area (Å²) in [6.45, 7) is 5.73. The summed E-state index contributed by atoms with van der Waals surface area (Å²) in [5.41, 5.74) is 0.195. The van der Waals surface area contributed by atoms with Gasteiger partial charge in [0.2, 0.25) is 5.91 Å². The summed E-state index contributed by atoms with van der Waals surface area (Å²) in [5, 5.41) is 16.7. The summed E-state index contributed by atoms with van der Waals surface area (Å²) in [6, 6.07) is 6.17. The lowest BCUT2D eigenvalue weighted by atomic mass is 9.97. The molecule has 1 aliphatic carbocycles. The summed E-state index contributed by atoms with van der Waals surface area (Å²) < 4.78 is 5.27. The summed E-state index contributed by atoms with van der Waals surface area (Å²) in [4.78, 5) is 34.9. The molecule has 0 saturated heterocycles. The van der Waals surface area contributed by atoms with Gasteiger partial charge >= 0.3 is 6.09 Å². The Hall–Kier alpha value is -2.64. The van der Waals surface area contributed by atoms with Crippen LogP contribution in [0, 0.1) is 16.0 Å². The highest BCUT2D eigenvalue weighted by Gasteiger charge is 2.27. The van der Waals surface area contributed by atoms with E-state index in [4.69, 9.17) is 4.74 Å². The first-order valence-electron chi connectivity index (χ1n) is 10.1. The van der Waals surface area contributed by atoms with Crippen LogP contribution < -0.4 is 10.6 Å². The highest BCUT2D eigenvalue weighted by Crippen LogP contribution is 2.27. The second-order valence-electron chi connectivity index (χ2n) is 8.53. The molecule has 160 valence electrons. The standard InChI is InChI=1S/C21H31N3O5/c1-21(2,3)29-20(26)22-14-18(16-8-4-5-9-16)23-19(25)12-11-15-7-6-10-17(13-15)24(27)28/h6-7,10,13,16,18H,4-5,8-9,11-12,14H2,1-3H3,(H,22,26)(H,23,25)/t18-/m0/s1. The number of nitrogens with zero attached hydrogens (tertiary/aromatic N) is 1. The lowest BCUT2D eigenvalue weighted by molar-refractivity contribution is -0.384. The normalized spacial score (nSPS) is 15.6. The van der Waals surface area contributed by atoms with Gasteiger partial charge < -0.3 is 15.4 Å². The lowest BCUT2D eigenvalue weighted by Crippen LogP contribution is -2.48. The summed E-state index contributed by atoms with van der Waals surface area (Å²) >= 11 is 0. The molecule has 0 spiro atoms. The first-order chi connectivity index (χ1) is 13.6. The van der Waals surface area contributed by atoms with Gasteiger partial charge in [-0.25, -0.2) is 4.79 Å². The second-order valence-corrected chi connectivity index (χ2v) is 8.53. The fourth-order valence-electron chi connectivity index (χ4n) is 3.57. The minimum absolute atomic E-state index is 0.0216. The van der Waals surface area contributed by atoms with E-state index in [1.165, 1.54) is 12.1 Å². The number of carbonyl (C=O) groups is 2. The third-order valence-corrected chi connectivity index (χ3v) is 4.94. The van der Waals surface area contributed by atoms with Crippen LogP contribution in [0.3, 0.4) is 0 Å². The number of benzene rings is 1. The number of nitrogens with one attached hydrogen (secondary N) is 2. The first kappa shape index (κ1) is 22.6. The number of amides is 2. The van der Waals surface area contributed by atoms with E-state index in [-0.39, 0.29) is 24.1 Å². The number of non-ortho nitro benzene ring substituents is 1. The van der Waals surface area contributed by atoms with Gasteiger partial charge in [0.25, 0.3) is 5.69 Å². The van der Waals surface area contributed by atoms with Gasteiger partial charge in [-0.1, -0.05) is 25.0 Å². The van der Waals surface area contributed by atoms with E-state index < -0.39 is 16.6 Å². The van der Waals surface area contributed by atoms with Crippen LogP contribution in [0.25, 0.3) is 0 Å². The van der Waals surface area contributed by atoms with Crippen LogP contribution in [-0.2, 0) is 16.0 Å². The van der Waals surface area contributed by atoms with E-state index in [0.29, 0.717) is 18.9 Å². The highest BCUT2D eigenvalue weighted by molar-refractivity contribution is 5.76. The Labute approximate surface area is 171 Å². The molecule has 2 N–H and O–H groups in total. The zero-order valence-electron chi connectivity index (χ0n) is 17.4. The van der Waals surface area contributed by atoms with Gasteiger partial charge in [-0.3, -0.25) is 14.9 Å². The molecule has 29 heavy (non-hydrogen) atoms. The van der Waals surface area contributed by atoms with Crippen LogP contribution in [0.2, 0.25) is 0 Å². The maximum absolute atomic E-state index is 12.5. The summed E-state index contributed by atoms with van der Waals surface area (Å²) in [5.74, 6) is 0.200. The average Bonchev–Trinajstić information content (AvgIpc) is 3.17. The van der Waals surface area contributed by atoms with Crippen molar-refractivity contribution in [2.45, 2.75) is 70.9 Å². The molecular weight excluding hydrogens is 374 g/mol. The van der Waals surface area contributed by atoms with Crippen molar-refractivity contribution < 1.29 is 19.2 Å². The van der Waals surface area contributed by atoms with Gasteiger partial charge in [-0.2, -0.15) is 0 Å². The lowest BCUT2D eigenvalue weighted by Gasteiger charge is -2.26. The SMILES string of the molecule is CC(C)(C)OC(=O)NC[C@H](NC(=O)CCc1cccc([N+](=O)[O-])c1)C1CCCC1. The highest BCUT2D eigenvalue weighted by atomic mass is 16.6. The van der Waals surface area contributed by atoms with Gasteiger partial charge in [0.05, 0.1) is 4.92 Å². The topological polar surface area (TPSA) is 111 Å². The quantitative estimate of drug-likeness (QED) is 0.506. The van der Waals surface area contributed by atoms with E-state index in [1.54, 1.807) is 32.9 Å². The largest absolute Gasteiger partial charge is 0.444 e. The smallest absolute Gasteiger partial charge is 0.407 e. The Balaban J connectivity index is 1.89. The molecule has 0 aromatic heterocycles. The molecule has 1 atom stereocenters. The maximum atomic E-state index is 12.5. The summed E-state index contributed by atoms with van der Waals surface area (Å²) in [7, 11) is 0. The van der Waals surface area contributed by atoms with Crippen LogP contribution in [0.15, 0.2) is 24.3 Å². The average molecular weight is 405 g/mol. The number of hydrogen-bond acceptors (Lipinski definition) is 5. The monoisotopic (exact) mass is 405 g/mol. The van der Waals surface area contributed by atoms with Crippen LogP contribution in [0.5, 0.6) is 0 Å². The minimum atomic E-state index is -0.575. The van der Waals surface area contributed by atoms with Crippen molar-refractivity contribution in [3.63, 3.8) is 0 Å². The number of aryl methyl sites for hydroxylation is 1. The first-order valence-corrected chi connectivity index (χ1v) is 10.1. The van der Waals surface area contributed by atoms with Crippen molar-refractivity contribution in [1.82, 2.24) is 10.6 Å². The molecule has 0 radical (unpaired) electrons. The third kappa shape index (κ3) is 8.09. The second kappa shape index (κ2) is 10.2. The van der Waals surface area contributed by atoms with Gasteiger partial charge in [0.15, 0.2) is 0 Å². The Morgan fingerprint density at radius 2 is 1.97 bits per heavy atom. The molecule has 1 aromatic rings.